The third kappa shape index (κ3) is 4.41. The fraction of sp³-hybridized carbons (Fsp3) is 0.207. The van der Waals surface area contributed by atoms with E-state index in [1.807, 2.05) is 32.1 Å². The zero-order chi connectivity index (χ0) is 28.2. The van der Waals surface area contributed by atoms with Crippen LogP contribution in [0.25, 0.3) is 11.8 Å². The van der Waals surface area contributed by atoms with Crippen LogP contribution in [-0.4, -0.2) is 41.3 Å². The zero-order valence-electron chi connectivity index (χ0n) is 21.9. The number of nitrogens with two attached hydrogens (primary N) is 1. The van der Waals surface area contributed by atoms with Crippen molar-refractivity contribution in [1.82, 2.24) is 14.8 Å². The highest BCUT2D eigenvalue weighted by Gasteiger charge is 2.31. The minimum Gasteiger partial charge on any atom is -0.436 e. The Labute approximate surface area is 230 Å². The topological polar surface area (TPSA) is 120 Å². The van der Waals surface area contributed by atoms with Crippen LogP contribution in [-0.2, 0) is 16.4 Å². The molecule has 0 bridgehead atoms. The molecule has 9 nitrogen and oxygen atoms in total. The zero-order valence-corrected chi connectivity index (χ0v) is 22.7. The van der Waals surface area contributed by atoms with Gasteiger partial charge in [-0.3, -0.25) is 9.10 Å². The third-order valence-electron chi connectivity index (χ3n) is 7.22. The molecule has 1 fully saturated rings. The second-order valence-electron chi connectivity index (χ2n) is 9.95. The average Bonchev–Trinajstić information content (AvgIpc) is 3.60. The maximum Gasteiger partial charge on any atom is 0.235 e. The number of nitrogens with zero attached hydrogens (tertiary/aromatic N) is 4. The molecule has 40 heavy (non-hydrogen) atoms. The number of aromatic nitrogens is 3. The number of hydrogen-bond acceptors (Lipinski definition) is 7. The second kappa shape index (κ2) is 9.60. The summed E-state index contributed by atoms with van der Waals surface area (Å²) in [4.78, 5) is 17.8. The van der Waals surface area contributed by atoms with E-state index in [1.165, 1.54) is 33.5 Å². The van der Waals surface area contributed by atoms with E-state index in [1.54, 1.807) is 18.2 Å². The van der Waals surface area contributed by atoms with Crippen molar-refractivity contribution in [3.8, 4) is 17.3 Å². The summed E-state index contributed by atoms with van der Waals surface area (Å²) in [5, 5.41) is 4.34. The van der Waals surface area contributed by atoms with Crippen molar-refractivity contribution in [2.24, 2.45) is 0 Å². The van der Waals surface area contributed by atoms with Crippen LogP contribution in [0.5, 0.6) is 11.6 Å². The number of pyridine rings is 1. The number of fused-ring (bicyclic) bond motifs is 1. The molecule has 0 amide bonds. The van der Waals surface area contributed by atoms with Crippen LogP contribution in [0.3, 0.4) is 0 Å². The van der Waals surface area contributed by atoms with E-state index in [2.05, 4.69) is 10.1 Å². The molecule has 2 aromatic heterocycles. The van der Waals surface area contributed by atoms with Gasteiger partial charge in [0.25, 0.3) is 0 Å². The molecule has 0 saturated carbocycles. The molecule has 6 rings (SSSR count). The minimum atomic E-state index is -3.31. The van der Waals surface area contributed by atoms with E-state index < -0.39 is 15.8 Å². The lowest BCUT2D eigenvalue weighted by Crippen LogP contribution is -2.26. The number of ketones is 1. The maximum absolute atomic E-state index is 14.0. The van der Waals surface area contributed by atoms with Gasteiger partial charge in [0.2, 0.25) is 15.9 Å². The molecule has 2 aromatic carbocycles. The number of carbonyl (C=O) groups is 1. The average molecular weight is 560 g/mol. The van der Waals surface area contributed by atoms with Crippen molar-refractivity contribution in [3.05, 3.63) is 94.1 Å². The van der Waals surface area contributed by atoms with Gasteiger partial charge in [-0.15, -0.1) is 0 Å². The molecule has 0 radical (unpaired) electrons. The number of benzene rings is 2. The van der Waals surface area contributed by atoms with Gasteiger partial charge in [-0.05, 0) is 72.9 Å². The van der Waals surface area contributed by atoms with Gasteiger partial charge < -0.3 is 10.5 Å². The number of ether oxygens (including phenoxy) is 1. The van der Waals surface area contributed by atoms with Crippen molar-refractivity contribution in [1.29, 1.82) is 0 Å². The van der Waals surface area contributed by atoms with Crippen molar-refractivity contribution in [2.75, 3.05) is 22.3 Å². The quantitative estimate of drug-likeness (QED) is 0.338. The predicted octanol–water partition coefficient (Wildman–Crippen LogP) is 4.76. The highest BCUT2D eigenvalue weighted by Crippen LogP contribution is 2.36. The van der Waals surface area contributed by atoms with Crippen LogP contribution in [0, 0.1) is 19.7 Å². The lowest BCUT2D eigenvalue weighted by Gasteiger charge is -2.20. The Morgan fingerprint density at radius 1 is 1.07 bits per heavy atom. The standard InChI is InChI=1S/C29H26FN5O4S/c1-17-10-19-12-21(13-20(19)14-24(17)34-8-5-9-40(34,37)38)28(36)22-15-33-35(29(22)31)25-16-32-27(11-18(25)2)39-26-7-4-3-6-23(26)30/h3-4,6-7,10-12,14-16H,5,8-9,13,31H2,1-2H3. The van der Waals surface area contributed by atoms with Gasteiger partial charge in [0, 0.05) is 24.6 Å². The Hall–Kier alpha value is -4.51. The Morgan fingerprint density at radius 2 is 1.85 bits per heavy atom. The van der Waals surface area contributed by atoms with E-state index in [0.717, 1.165) is 16.7 Å². The summed E-state index contributed by atoms with van der Waals surface area (Å²) in [5.41, 5.74) is 11.7. The number of para-hydroxylation sites is 1. The molecule has 0 unspecified atom stereocenters. The lowest BCUT2D eigenvalue weighted by atomic mass is 10.0. The van der Waals surface area contributed by atoms with Gasteiger partial charge in [0.15, 0.2) is 17.3 Å². The van der Waals surface area contributed by atoms with Crippen LogP contribution in [0.1, 0.15) is 39.0 Å². The van der Waals surface area contributed by atoms with E-state index in [4.69, 9.17) is 10.5 Å². The van der Waals surface area contributed by atoms with Crippen LogP contribution in [0.15, 0.2) is 60.4 Å². The molecule has 1 aliphatic heterocycles. The molecule has 3 heterocycles. The summed E-state index contributed by atoms with van der Waals surface area (Å²) < 4.78 is 47.4. The van der Waals surface area contributed by atoms with Crippen molar-refractivity contribution in [2.45, 2.75) is 26.7 Å². The predicted molar refractivity (Wildman–Crippen MR) is 150 cm³/mol. The van der Waals surface area contributed by atoms with Gasteiger partial charge >= 0.3 is 0 Å². The number of halogens is 1. The van der Waals surface area contributed by atoms with Gasteiger partial charge in [0.1, 0.15) is 5.82 Å². The van der Waals surface area contributed by atoms with Crippen molar-refractivity contribution in [3.63, 3.8) is 0 Å². The number of nitrogen functional groups attached to an aromatic ring is 1. The first kappa shape index (κ1) is 25.8. The molecular weight excluding hydrogens is 533 g/mol. The number of aryl methyl sites for hydroxylation is 2. The first-order valence-electron chi connectivity index (χ1n) is 12.7. The lowest BCUT2D eigenvalue weighted by molar-refractivity contribution is 0.103. The number of carbonyl (C=O) groups excluding carboxylic acids is 1. The summed E-state index contributed by atoms with van der Waals surface area (Å²) in [5.74, 6) is -0.179. The first-order chi connectivity index (χ1) is 19.1. The van der Waals surface area contributed by atoms with Crippen LogP contribution >= 0.6 is 0 Å². The van der Waals surface area contributed by atoms with Gasteiger partial charge in [-0.1, -0.05) is 12.1 Å². The highest BCUT2D eigenvalue weighted by atomic mass is 32.2. The molecule has 1 saturated heterocycles. The number of sulfonamides is 1. The van der Waals surface area contributed by atoms with E-state index in [9.17, 15) is 17.6 Å². The fourth-order valence-corrected chi connectivity index (χ4v) is 6.77. The third-order valence-corrected chi connectivity index (χ3v) is 9.07. The number of Topliss-reactive ketones (excluding diaryl/α,β-unsaturated/α-hetero) is 1. The molecular formula is C29H26FN5O4S. The van der Waals surface area contributed by atoms with E-state index in [0.29, 0.717) is 41.9 Å². The fourth-order valence-electron chi connectivity index (χ4n) is 5.16. The van der Waals surface area contributed by atoms with E-state index in [-0.39, 0.29) is 34.5 Å². The highest BCUT2D eigenvalue weighted by molar-refractivity contribution is 7.93. The Balaban J connectivity index is 1.24. The molecule has 1 aliphatic carbocycles. The van der Waals surface area contributed by atoms with Crippen LogP contribution in [0.4, 0.5) is 15.9 Å². The van der Waals surface area contributed by atoms with Crippen molar-refractivity contribution < 1.29 is 22.3 Å². The molecule has 204 valence electrons. The largest absolute Gasteiger partial charge is 0.436 e. The smallest absolute Gasteiger partial charge is 0.235 e. The molecule has 2 N–H and O–H groups in total. The normalized spacial score (nSPS) is 15.7. The van der Waals surface area contributed by atoms with Crippen molar-refractivity contribution >= 4 is 33.4 Å². The number of anilines is 2. The Kier molecular flexibility index (Phi) is 6.18. The monoisotopic (exact) mass is 559 g/mol. The van der Waals surface area contributed by atoms with Gasteiger partial charge in [-0.2, -0.15) is 5.10 Å². The summed E-state index contributed by atoms with van der Waals surface area (Å²) in [6.07, 6.45) is 5.72. The SMILES string of the molecule is Cc1cc2c(cc1N1CCCS1(=O)=O)CC(C(=O)c1cnn(-c3cnc(Oc4ccccc4F)cc3C)c1N)=C2. The number of allylic oxidation sites excluding steroid dienone is 1. The van der Waals surface area contributed by atoms with Gasteiger partial charge in [-0.25, -0.2) is 22.5 Å². The molecule has 0 atom stereocenters. The Morgan fingerprint density at radius 3 is 2.58 bits per heavy atom. The summed E-state index contributed by atoms with van der Waals surface area (Å²) >= 11 is 0. The molecule has 11 heteroatoms. The van der Waals surface area contributed by atoms with Crippen LogP contribution in [0.2, 0.25) is 0 Å². The summed E-state index contributed by atoms with van der Waals surface area (Å²) in [6, 6.07) is 11.5. The first-order valence-corrected chi connectivity index (χ1v) is 14.4. The van der Waals surface area contributed by atoms with E-state index >= 15 is 0 Å². The van der Waals surface area contributed by atoms with Crippen LogP contribution < -0.4 is 14.8 Å². The maximum atomic E-state index is 14.0. The number of hydrogen-bond donors (Lipinski definition) is 1. The molecule has 4 aromatic rings. The number of rotatable bonds is 6. The molecule has 0 spiro atoms. The molecule has 2 aliphatic rings. The summed E-state index contributed by atoms with van der Waals surface area (Å²) in [6.45, 7) is 4.15. The summed E-state index contributed by atoms with van der Waals surface area (Å²) in [7, 11) is -3.31. The minimum absolute atomic E-state index is 0.0591. The van der Waals surface area contributed by atoms with Gasteiger partial charge in [0.05, 0.1) is 35.1 Å². The Bertz CT molecular complexity index is 1830. The second-order valence-corrected chi connectivity index (χ2v) is 12.0.